The number of benzene rings is 1. The van der Waals surface area contributed by atoms with Crippen LogP contribution in [0, 0.1) is 6.92 Å². The normalized spacial score (nSPS) is 16.4. The third kappa shape index (κ3) is 7.50. The van der Waals surface area contributed by atoms with Gasteiger partial charge >= 0.3 is 0 Å². The average Bonchev–Trinajstić information content (AvgIpc) is 2.58. The second kappa shape index (κ2) is 11.0. The first-order valence-electron chi connectivity index (χ1n) is 8.89. The van der Waals surface area contributed by atoms with E-state index in [0.29, 0.717) is 12.5 Å². The van der Waals surface area contributed by atoms with Crippen LogP contribution in [0.2, 0.25) is 0 Å². The van der Waals surface area contributed by atoms with E-state index < -0.39 is 0 Å². The molecule has 142 valence electrons. The second-order valence-corrected chi connectivity index (χ2v) is 7.13. The Morgan fingerprint density at radius 1 is 1.28 bits per heavy atom. The van der Waals surface area contributed by atoms with Crippen LogP contribution in [0.4, 0.5) is 0 Å². The Balaban J connectivity index is 0.00000312. The van der Waals surface area contributed by atoms with Gasteiger partial charge in [-0.3, -0.25) is 9.89 Å². The maximum absolute atomic E-state index is 6.02. The highest BCUT2D eigenvalue weighted by Crippen LogP contribution is 2.26. The fourth-order valence-corrected chi connectivity index (χ4v) is 3.10. The van der Waals surface area contributed by atoms with Gasteiger partial charge in [0, 0.05) is 25.0 Å². The van der Waals surface area contributed by atoms with Crippen molar-refractivity contribution in [2.75, 3.05) is 45.9 Å². The van der Waals surface area contributed by atoms with Gasteiger partial charge < -0.3 is 15.8 Å². The molecule has 0 atom stereocenters. The summed E-state index contributed by atoms with van der Waals surface area (Å²) in [5.41, 5.74) is 8.63. The van der Waals surface area contributed by atoms with Gasteiger partial charge in [0.15, 0.2) is 5.96 Å². The Hall–Kier alpha value is -0.860. The molecule has 0 amide bonds. The van der Waals surface area contributed by atoms with Crippen molar-refractivity contribution in [2.24, 2.45) is 10.7 Å². The van der Waals surface area contributed by atoms with E-state index >= 15 is 0 Å². The van der Waals surface area contributed by atoms with Crippen molar-refractivity contribution in [1.82, 2.24) is 10.2 Å². The van der Waals surface area contributed by atoms with Gasteiger partial charge in [-0.05, 0) is 31.0 Å². The van der Waals surface area contributed by atoms with Crippen LogP contribution < -0.4 is 11.1 Å². The van der Waals surface area contributed by atoms with Gasteiger partial charge in [-0.15, -0.1) is 24.0 Å². The maximum Gasteiger partial charge on any atom is 0.188 e. The molecular weight excluding hydrogens is 427 g/mol. The highest BCUT2D eigenvalue weighted by Gasteiger charge is 2.21. The Labute approximate surface area is 169 Å². The molecule has 1 aliphatic rings. The molecule has 1 heterocycles. The fourth-order valence-electron chi connectivity index (χ4n) is 3.10. The van der Waals surface area contributed by atoms with Gasteiger partial charge in [0.2, 0.25) is 0 Å². The summed E-state index contributed by atoms with van der Waals surface area (Å²) in [5.74, 6) is 0.540. The molecular formula is C19H33IN4O. The van der Waals surface area contributed by atoms with E-state index in [0.717, 1.165) is 45.8 Å². The molecule has 0 aliphatic carbocycles. The van der Waals surface area contributed by atoms with Crippen molar-refractivity contribution in [2.45, 2.75) is 32.6 Å². The second-order valence-electron chi connectivity index (χ2n) is 7.13. The summed E-state index contributed by atoms with van der Waals surface area (Å²) in [7, 11) is 0. The Kier molecular flexibility index (Phi) is 9.74. The third-order valence-corrected chi connectivity index (χ3v) is 4.58. The number of morpholine rings is 1. The first-order chi connectivity index (χ1) is 11.5. The zero-order valence-electron chi connectivity index (χ0n) is 15.8. The molecule has 1 fully saturated rings. The minimum absolute atomic E-state index is 0. The number of hydrogen-bond acceptors (Lipinski definition) is 3. The van der Waals surface area contributed by atoms with Gasteiger partial charge in [0.1, 0.15) is 0 Å². The number of aryl methyl sites for hydroxylation is 1. The van der Waals surface area contributed by atoms with Crippen molar-refractivity contribution < 1.29 is 4.74 Å². The van der Waals surface area contributed by atoms with E-state index in [1.54, 1.807) is 0 Å². The molecule has 1 saturated heterocycles. The molecule has 25 heavy (non-hydrogen) atoms. The van der Waals surface area contributed by atoms with E-state index in [9.17, 15) is 0 Å². The number of rotatable bonds is 7. The van der Waals surface area contributed by atoms with Crippen molar-refractivity contribution in [3.63, 3.8) is 0 Å². The monoisotopic (exact) mass is 460 g/mol. The lowest BCUT2D eigenvalue weighted by Gasteiger charge is -2.26. The van der Waals surface area contributed by atoms with Crippen LogP contribution in [0.1, 0.15) is 31.4 Å². The van der Waals surface area contributed by atoms with E-state index in [1.165, 1.54) is 11.1 Å². The molecule has 6 heteroatoms. The molecule has 1 aliphatic heterocycles. The summed E-state index contributed by atoms with van der Waals surface area (Å²) < 4.78 is 5.36. The van der Waals surface area contributed by atoms with Crippen LogP contribution in [0.5, 0.6) is 0 Å². The molecule has 1 aromatic carbocycles. The van der Waals surface area contributed by atoms with Gasteiger partial charge in [0.05, 0.1) is 19.8 Å². The van der Waals surface area contributed by atoms with Crippen LogP contribution >= 0.6 is 24.0 Å². The number of halogens is 1. The van der Waals surface area contributed by atoms with Crippen LogP contribution in [0.15, 0.2) is 29.3 Å². The van der Waals surface area contributed by atoms with Gasteiger partial charge in [-0.2, -0.15) is 0 Å². The molecule has 0 bridgehead atoms. The van der Waals surface area contributed by atoms with Crippen molar-refractivity contribution in [1.29, 1.82) is 0 Å². The highest BCUT2D eigenvalue weighted by atomic mass is 127. The van der Waals surface area contributed by atoms with Crippen molar-refractivity contribution >= 4 is 29.9 Å². The van der Waals surface area contributed by atoms with Crippen LogP contribution in [0.3, 0.4) is 0 Å². The number of ether oxygens (including phenoxy) is 1. The molecule has 0 saturated carbocycles. The number of hydrogen-bond donors (Lipinski definition) is 2. The molecule has 0 aromatic heterocycles. The highest BCUT2D eigenvalue weighted by molar-refractivity contribution is 14.0. The Morgan fingerprint density at radius 3 is 2.64 bits per heavy atom. The predicted molar refractivity (Wildman–Crippen MR) is 116 cm³/mol. The van der Waals surface area contributed by atoms with Gasteiger partial charge in [-0.25, -0.2) is 0 Å². The largest absolute Gasteiger partial charge is 0.379 e. The molecule has 2 rings (SSSR count). The molecule has 5 nitrogen and oxygen atoms in total. The minimum Gasteiger partial charge on any atom is -0.379 e. The summed E-state index contributed by atoms with van der Waals surface area (Å²) in [4.78, 5) is 6.98. The standard InChI is InChI=1S/C19H32N4O.HI/c1-16-7-4-5-8-17(16)19(2,3)15-22-18(20)21-9-6-10-23-11-13-24-14-12-23;/h4-5,7-8H,6,9-15H2,1-3H3,(H3,20,21,22);1H. The first-order valence-corrected chi connectivity index (χ1v) is 8.89. The van der Waals surface area contributed by atoms with Crippen molar-refractivity contribution in [3.8, 4) is 0 Å². The van der Waals surface area contributed by atoms with Crippen LogP contribution in [-0.4, -0.2) is 56.8 Å². The summed E-state index contributed by atoms with van der Waals surface area (Å²) >= 11 is 0. The topological polar surface area (TPSA) is 62.9 Å². The number of aliphatic imine (C=N–C) groups is 1. The lowest BCUT2D eigenvalue weighted by Crippen LogP contribution is -2.39. The Morgan fingerprint density at radius 2 is 1.96 bits per heavy atom. The SMILES string of the molecule is Cc1ccccc1C(C)(C)CN=C(N)NCCCN1CCOCC1.I. The molecule has 3 N–H and O–H groups in total. The lowest BCUT2D eigenvalue weighted by atomic mass is 9.82. The zero-order valence-corrected chi connectivity index (χ0v) is 18.1. The molecule has 0 unspecified atom stereocenters. The number of guanidine groups is 1. The molecule has 1 aromatic rings. The fraction of sp³-hybridized carbons (Fsp3) is 0.632. The van der Waals surface area contributed by atoms with Crippen LogP contribution in [0.25, 0.3) is 0 Å². The summed E-state index contributed by atoms with van der Waals surface area (Å²) in [6, 6.07) is 8.48. The summed E-state index contributed by atoms with van der Waals surface area (Å²) in [5, 5.41) is 3.23. The number of nitrogens with two attached hydrogens (primary N) is 1. The zero-order chi connectivity index (χ0) is 17.4. The smallest absolute Gasteiger partial charge is 0.188 e. The lowest BCUT2D eigenvalue weighted by molar-refractivity contribution is 0.0376. The van der Waals surface area contributed by atoms with Crippen LogP contribution in [-0.2, 0) is 10.2 Å². The molecule has 0 spiro atoms. The number of nitrogens with one attached hydrogen (secondary N) is 1. The van der Waals surface area contributed by atoms with Gasteiger partial charge in [-0.1, -0.05) is 38.1 Å². The average molecular weight is 460 g/mol. The van der Waals surface area contributed by atoms with Crippen molar-refractivity contribution in [3.05, 3.63) is 35.4 Å². The summed E-state index contributed by atoms with van der Waals surface area (Å²) in [6.07, 6.45) is 1.07. The minimum atomic E-state index is -0.0224. The predicted octanol–water partition coefficient (Wildman–Crippen LogP) is 2.52. The quantitative estimate of drug-likeness (QED) is 0.284. The first kappa shape index (κ1) is 22.2. The van der Waals surface area contributed by atoms with E-state index in [2.05, 4.69) is 60.2 Å². The maximum atomic E-state index is 6.02. The van der Waals surface area contributed by atoms with Gasteiger partial charge in [0.25, 0.3) is 0 Å². The van der Waals surface area contributed by atoms with E-state index in [4.69, 9.17) is 10.5 Å². The van der Waals surface area contributed by atoms with E-state index in [1.807, 2.05) is 0 Å². The Bertz CT molecular complexity index is 542. The van der Waals surface area contributed by atoms with E-state index in [-0.39, 0.29) is 29.4 Å². The third-order valence-electron chi connectivity index (χ3n) is 4.58. The number of nitrogens with zero attached hydrogens (tertiary/aromatic N) is 2. The molecule has 0 radical (unpaired) electrons. The summed E-state index contributed by atoms with van der Waals surface area (Å²) in [6.45, 7) is 13.0.